The van der Waals surface area contributed by atoms with Gasteiger partial charge in [-0.05, 0) is 18.3 Å². The Morgan fingerprint density at radius 2 is 2.19 bits per heavy atom. The van der Waals surface area contributed by atoms with Crippen molar-refractivity contribution in [3.8, 4) is 11.4 Å². The number of hydrogen-bond acceptors (Lipinski definition) is 4. The van der Waals surface area contributed by atoms with Crippen molar-refractivity contribution in [3.63, 3.8) is 0 Å². The van der Waals surface area contributed by atoms with E-state index in [1.807, 2.05) is 0 Å². The number of H-pyrrole nitrogens is 2. The number of hydrogen-bond donors (Lipinski definition) is 2. The van der Waals surface area contributed by atoms with Crippen molar-refractivity contribution >= 4 is 17.9 Å². The van der Waals surface area contributed by atoms with E-state index in [-0.39, 0.29) is 21.8 Å². The van der Waals surface area contributed by atoms with Crippen LogP contribution in [0.1, 0.15) is 0 Å². The molecule has 2 N–H and O–H groups in total. The number of aromatic amines is 2. The lowest BCUT2D eigenvalue weighted by Gasteiger charge is -1.98. The van der Waals surface area contributed by atoms with E-state index in [1.165, 1.54) is 12.1 Å². The third-order valence-corrected chi connectivity index (χ3v) is 2.11. The maximum Gasteiger partial charge on any atom is 0.272 e. The Balaban J connectivity index is 2.51. The van der Waals surface area contributed by atoms with Crippen LogP contribution in [0.4, 0.5) is 10.1 Å². The van der Waals surface area contributed by atoms with Crippen LogP contribution in [0.15, 0.2) is 18.2 Å². The molecule has 0 amide bonds. The van der Waals surface area contributed by atoms with Gasteiger partial charge in [0, 0.05) is 6.07 Å². The molecule has 1 heterocycles. The lowest BCUT2D eigenvalue weighted by Crippen LogP contribution is -1.92. The van der Waals surface area contributed by atoms with Crippen LogP contribution in [0.3, 0.4) is 0 Å². The molecule has 0 aliphatic carbocycles. The summed E-state index contributed by atoms with van der Waals surface area (Å²) in [4.78, 5) is 13.5. The Morgan fingerprint density at radius 3 is 2.69 bits per heavy atom. The van der Waals surface area contributed by atoms with Crippen LogP contribution < -0.4 is 0 Å². The van der Waals surface area contributed by atoms with Crippen LogP contribution in [0.5, 0.6) is 0 Å². The zero-order valence-electron chi connectivity index (χ0n) is 7.73. The van der Waals surface area contributed by atoms with E-state index in [4.69, 9.17) is 12.2 Å². The number of non-ortho nitro benzene ring substituents is 1. The first-order chi connectivity index (χ1) is 7.58. The van der Waals surface area contributed by atoms with Gasteiger partial charge in [0.1, 0.15) is 5.82 Å². The second kappa shape index (κ2) is 3.81. The highest BCUT2D eigenvalue weighted by atomic mass is 32.1. The quantitative estimate of drug-likeness (QED) is 0.478. The summed E-state index contributed by atoms with van der Waals surface area (Å²) in [5.41, 5.74) is -0.187. The van der Waals surface area contributed by atoms with Crippen LogP contribution >= 0.6 is 12.2 Å². The fraction of sp³-hybridized carbons (Fsp3) is 0. The van der Waals surface area contributed by atoms with Gasteiger partial charge in [-0.15, -0.1) is 0 Å². The van der Waals surface area contributed by atoms with Crippen molar-refractivity contribution in [2.75, 3.05) is 0 Å². The number of nitro groups is 1. The van der Waals surface area contributed by atoms with Crippen LogP contribution in [0, 0.1) is 20.7 Å². The summed E-state index contributed by atoms with van der Waals surface area (Å²) in [7, 11) is 0. The van der Waals surface area contributed by atoms with Gasteiger partial charge < -0.3 is 0 Å². The summed E-state index contributed by atoms with van der Waals surface area (Å²) >= 11 is 4.71. The largest absolute Gasteiger partial charge is 0.282 e. The lowest BCUT2D eigenvalue weighted by molar-refractivity contribution is -0.385. The van der Waals surface area contributed by atoms with Crippen molar-refractivity contribution in [1.82, 2.24) is 15.2 Å². The van der Waals surface area contributed by atoms with Crippen LogP contribution in [-0.2, 0) is 0 Å². The predicted molar refractivity (Wildman–Crippen MR) is 55.8 cm³/mol. The van der Waals surface area contributed by atoms with Gasteiger partial charge in [0.25, 0.3) is 5.69 Å². The fourth-order valence-electron chi connectivity index (χ4n) is 1.21. The molecule has 0 spiro atoms. The topological polar surface area (TPSA) is 87.6 Å². The summed E-state index contributed by atoms with van der Waals surface area (Å²) in [6.45, 7) is 0. The average Bonchev–Trinajstić information content (AvgIpc) is 2.64. The zero-order valence-corrected chi connectivity index (χ0v) is 8.55. The highest BCUT2D eigenvalue weighted by molar-refractivity contribution is 7.71. The Hall–Kier alpha value is -2.09. The standard InChI is InChI=1S/C8H5FN4O2S/c9-6-3-4(13(14)15)1-2-5(6)7-10-8(16)12-11-7/h1-3H,(H2,10,11,12,16). The monoisotopic (exact) mass is 240 g/mol. The molecule has 8 heteroatoms. The number of rotatable bonds is 2. The van der Waals surface area contributed by atoms with Crippen LogP contribution in [-0.4, -0.2) is 20.1 Å². The maximum absolute atomic E-state index is 13.5. The second-order valence-corrected chi connectivity index (χ2v) is 3.32. The molecule has 0 saturated carbocycles. The summed E-state index contributed by atoms with van der Waals surface area (Å²) in [6, 6.07) is 3.31. The van der Waals surface area contributed by atoms with Crippen molar-refractivity contribution in [3.05, 3.63) is 38.9 Å². The number of benzene rings is 1. The second-order valence-electron chi connectivity index (χ2n) is 2.94. The molecule has 82 valence electrons. The SMILES string of the molecule is O=[N+]([O-])c1ccc(-c2nc(=S)[nH][nH]2)c(F)c1. The van der Waals surface area contributed by atoms with E-state index in [1.54, 1.807) is 0 Å². The minimum Gasteiger partial charge on any atom is -0.282 e. The molecule has 0 radical (unpaired) electrons. The first kappa shape index (κ1) is 10.4. The summed E-state index contributed by atoms with van der Waals surface area (Å²) in [5, 5.41) is 15.5. The van der Waals surface area contributed by atoms with Gasteiger partial charge >= 0.3 is 0 Å². The van der Waals surface area contributed by atoms with Crippen molar-refractivity contribution < 1.29 is 9.31 Å². The number of aromatic nitrogens is 3. The molecule has 2 rings (SSSR count). The van der Waals surface area contributed by atoms with Gasteiger partial charge in [-0.1, -0.05) is 0 Å². The third-order valence-electron chi connectivity index (χ3n) is 1.92. The Morgan fingerprint density at radius 1 is 1.44 bits per heavy atom. The first-order valence-electron chi connectivity index (χ1n) is 4.17. The molecule has 0 atom stereocenters. The van der Waals surface area contributed by atoms with Gasteiger partial charge in [0.05, 0.1) is 16.6 Å². The molecule has 0 fully saturated rings. The molecule has 0 aliphatic rings. The molecule has 16 heavy (non-hydrogen) atoms. The molecule has 1 aromatic carbocycles. The highest BCUT2D eigenvalue weighted by Gasteiger charge is 2.13. The normalized spacial score (nSPS) is 10.3. The number of halogens is 1. The highest BCUT2D eigenvalue weighted by Crippen LogP contribution is 2.22. The van der Waals surface area contributed by atoms with Gasteiger partial charge in [0.2, 0.25) is 4.77 Å². The van der Waals surface area contributed by atoms with E-state index >= 15 is 0 Å². The number of nitrogens with zero attached hydrogens (tertiary/aromatic N) is 2. The van der Waals surface area contributed by atoms with Gasteiger partial charge in [-0.2, -0.15) is 4.98 Å². The third kappa shape index (κ3) is 1.82. The van der Waals surface area contributed by atoms with Crippen molar-refractivity contribution in [1.29, 1.82) is 0 Å². The van der Waals surface area contributed by atoms with Gasteiger partial charge in [0.15, 0.2) is 5.82 Å². The fourth-order valence-corrected chi connectivity index (χ4v) is 1.35. The molecule has 2 aromatic rings. The molecule has 6 nitrogen and oxygen atoms in total. The Bertz CT molecular complexity index is 606. The smallest absolute Gasteiger partial charge is 0.272 e. The number of nitrogens with one attached hydrogen (secondary N) is 2. The van der Waals surface area contributed by atoms with E-state index in [9.17, 15) is 14.5 Å². The maximum atomic E-state index is 13.5. The molecule has 1 aromatic heterocycles. The predicted octanol–water partition coefficient (Wildman–Crippen LogP) is 2.18. The molecule has 0 bridgehead atoms. The Kier molecular flexibility index (Phi) is 2.49. The summed E-state index contributed by atoms with van der Waals surface area (Å²) < 4.78 is 13.7. The Labute approximate surface area is 93.3 Å². The molecular formula is C8H5FN4O2S. The first-order valence-corrected chi connectivity index (χ1v) is 4.58. The summed E-state index contributed by atoms with van der Waals surface area (Å²) in [6.07, 6.45) is 0. The lowest BCUT2D eigenvalue weighted by atomic mass is 10.2. The van der Waals surface area contributed by atoms with E-state index in [2.05, 4.69) is 15.2 Å². The van der Waals surface area contributed by atoms with Crippen LogP contribution in [0.2, 0.25) is 0 Å². The van der Waals surface area contributed by atoms with E-state index < -0.39 is 10.7 Å². The average molecular weight is 240 g/mol. The van der Waals surface area contributed by atoms with Crippen molar-refractivity contribution in [2.24, 2.45) is 0 Å². The molecule has 0 saturated heterocycles. The molecular weight excluding hydrogens is 235 g/mol. The van der Waals surface area contributed by atoms with Gasteiger partial charge in [-0.3, -0.25) is 20.3 Å². The minimum atomic E-state index is -0.730. The molecule has 0 aliphatic heterocycles. The van der Waals surface area contributed by atoms with E-state index in [0.717, 1.165) is 6.07 Å². The van der Waals surface area contributed by atoms with Crippen LogP contribution in [0.25, 0.3) is 11.4 Å². The van der Waals surface area contributed by atoms with Gasteiger partial charge in [-0.25, -0.2) is 4.39 Å². The van der Waals surface area contributed by atoms with E-state index in [0.29, 0.717) is 0 Å². The van der Waals surface area contributed by atoms with Crippen molar-refractivity contribution in [2.45, 2.75) is 0 Å². The minimum absolute atomic E-state index is 0.123. The molecule has 0 unspecified atom stereocenters. The zero-order chi connectivity index (χ0) is 11.7. The summed E-state index contributed by atoms with van der Waals surface area (Å²) in [5.74, 6) is -0.524. The number of nitro benzene ring substituents is 1.